The van der Waals surface area contributed by atoms with Crippen LogP contribution in [-0.2, 0) is 4.79 Å². The van der Waals surface area contributed by atoms with Gasteiger partial charge in [0.25, 0.3) is 0 Å². The van der Waals surface area contributed by atoms with E-state index in [9.17, 15) is 9.90 Å². The van der Waals surface area contributed by atoms with Crippen LogP contribution in [0.25, 0.3) is 0 Å². The number of rotatable bonds is 3. The summed E-state index contributed by atoms with van der Waals surface area (Å²) in [5.74, 6) is 0.177. The Balaban J connectivity index is 2.15. The number of carbonyl (C=O) groups is 1. The number of ketones is 1. The maximum Gasteiger partial charge on any atom is 0.161 e. The molecule has 0 radical (unpaired) electrons. The zero-order valence-corrected chi connectivity index (χ0v) is 9.39. The summed E-state index contributed by atoms with van der Waals surface area (Å²) >= 11 is 0. The fourth-order valence-corrected chi connectivity index (χ4v) is 2.48. The Labute approximate surface area is 95.5 Å². The van der Waals surface area contributed by atoms with Gasteiger partial charge in [-0.2, -0.15) is 0 Å². The molecule has 0 spiro atoms. The highest BCUT2D eigenvalue weighted by Gasteiger charge is 2.35. The molecule has 0 bridgehead atoms. The minimum atomic E-state index is -0.760. The zero-order valence-electron chi connectivity index (χ0n) is 9.39. The highest BCUT2D eigenvalue weighted by molar-refractivity contribution is 5.85. The Kier molecular flexibility index (Phi) is 3.36. The third-order valence-electron chi connectivity index (χ3n) is 3.30. The van der Waals surface area contributed by atoms with Gasteiger partial charge in [-0.3, -0.25) is 4.79 Å². The first-order chi connectivity index (χ1) is 7.72. The number of aliphatic hydroxyl groups excluding tert-OH is 1. The monoisotopic (exact) mass is 219 g/mol. The first-order valence-corrected chi connectivity index (χ1v) is 5.65. The number of Topliss-reactive ketones (excluding diaryl/α,β-unsaturated/α-hetero) is 1. The summed E-state index contributed by atoms with van der Waals surface area (Å²) < 4.78 is 0. The van der Waals surface area contributed by atoms with Gasteiger partial charge in [-0.05, 0) is 24.9 Å². The Morgan fingerprint density at radius 3 is 2.56 bits per heavy atom. The first kappa shape index (κ1) is 11.3. The molecule has 1 aliphatic carbocycles. The smallest absolute Gasteiger partial charge is 0.161 e. The molecule has 3 unspecified atom stereocenters. The molecule has 1 fully saturated rings. The Bertz CT molecular complexity index is 363. The topological polar surface area (TPSA) is 49.3 Å². The summed E-state index contributed by atoms with van der Waals surface area (Å²) in [4.78, 5) is 11.4. The number of benzene rings is 1. The lowest BCUT2D eigenvalue weighted by Crippen LogP contribution is -2.24. The molecule has 2 rings (SSSR count). The molecule has 3 atom stereocenters. The molecule has 3 heteroatoms. The van der Waals surface area contributed by atoms with Crippen LogP contribution >= 0.6 is 0 Å². The molecule has 0 saturated heterocycles. The van der Waals surface area contributed by atoms with Crippen LogP contribution in [0.2, 0.25) is 0 Å². The largest absolute Gasteiger partial charge is 0.385 e. The van der Waals surface area contributed by atoms with E-state index in [1.165, 1.54) is 5.56 Å². The maximum atomic E-state index is 11.4. The van der Waals surface area contributed by atoms with Crippen molar-refractivity contribution in [3.05, 3.63) is 35.9 Å². The van der Waals surface area contributed by atoms with Gasteiger partial charge in [-0.25, -0.2) is 0 Å². The van der Waals surface area contributed by atoms with Crippen molar-refractivity contribution in [3.8, 4) is 0 Å². The lowest BCUT2D eigenvalue weighted by atomic mass is 9.92. The number of aliphatic hydroxyl groups is 1. The second kappa shape index (κ2) is 4.76. The van der Waals surface area contributed by atoms with Crippen molar-refractivity contribution in [2.75, 3.05) is 7.05 Å². The number of nitrogens with one attached hydrogen (secondary N) is 1. The number of carbonyl (C=O) groups excluding carboxylic acids is 1. The van der Waals surface area contributed by atoms with Gasteiger partial charge in [0.15, 0.2) is 5.78 Å². The fourth-order valence-electron chi connectivity index (χ4n) is 2.48. The van der Waals surface area contributed by atoms with Crippen LogP contribution in [0.15, 0.2) is 30.3 Å². The minimum absolute atomic E-state index is 0.0267. The summed E-state index contributed by atoms with van der Waals surface area (Å²) in [7, 11) is 1.90. The van der Waals surface area contributed by atoms with Crippen LogP contribution in [0, 0.1) is 5.92 Å². The second-order valence-corrected chi connectivity index (χ2v) is 4.36. The third-order valence-corrected chi connectivity index (χ3v) is 3.30. The molecular weight excluding hydrogens is 202 g/mol. The predicted octanol–water partition coefficient (Wildman–Crippen LogP) is 1.29. The molecule has 0 heterocycles. The summed E-state index contributed by atoms with van der Waals surface area (Å²) in [6, 6.07) is 10.2. The Morgan fingerprint density at radius 1 is 1.38 bits per heavy atom. The van der Waals surface area contributed by atoms with Gasteiger partial charge < -0.3 is 10.4 Å². The van der Waals surface area contributed by atoms with Crippen molar-refractivity contribution < 1.29 is 9.90 Å². The van der Waals surface area contributed by atoms with E-state index in [1.54, 1.807) is 0 Å². The van der Waals surface area contributed by atoms with Crippen molar-refractivity contribution in [1.29, 1.82) is 0 Å². The quantitative estimate of drug-likeness (QED) is 0.805. The predicted molar refractivity (Wildman–Crippen MR) is 62.0 cm³/mol. The molecule has 0 amide bonds. The Hall–Kier alpha value is -1.19. The van der Waals surface area contributed by atoms with Crippen molar-refractivity contribution in [2.45, 2.75) is 25.0 Å². The van der Waals surface area contributed by atoms with Crippen molar-refractivity contribution >= 4 is 5.78 Å². The zero-order chi connectivity index (χ0) is 11.5. The lowest BCUT2D eigenvalue weighted by molar-refractivity contribution is -0.124. The number of hydrogen-bond donors (Lipinski definition) is 2. The molecule has 1 aliphatic rings. The van der Waals surface area contributed by atoms with Crippen LogP contribution in [0.4, 0.5) is 0 Å². The van der Waals surface area contributed by atoms with E-state index in [-0.39, 0.29) is 17.7 Å². The highest BCUT2D eigenvalue weighted by Crippen LogP contribution is 2.33. The van der Waals surface area contributed by atoms with Gasteiger partial charge in [0.2, 0.25) is 0 Å². The fraction of sp³-hybridized carbons (Fsp3) is 0.462. The Morgan fingerprint density at radius 2 is 2.06 bits per heavy atom. The van der Waals surface area contributed by atoms with Crippen LogP contribution < -0.4 is 5.32 Å². The van der Waals surface area contributed by atoms with Crippen molar-refractivity contribution in [1.82, 2.24) is 5.32 Å². The van der Waals surface area contributed by atoms with E-state index in [4.69, 9.17) is 0 Å². The highest BCUT2D eigenvalue weighted by atomic mass is 16.3. The van der Waals surface area contributed by atoms with E-state index in [0.29, 0.717) is 12.8 Å². The van der Waals surface area contributed by atoms with Crippen LogP contribution in [-0.4, -0.2) is 24.0 Å². The van der Waals surface area contributed by atoms with E-state index >= 15 is 0 Å². The molecular formula is C13H17NO2. The SMILES string of the molecule is CNC(c1ccccc1)C1CC(=O)C(O)C1. The summed E-state index contributed by atoms with van der Waals surface area (Å²) in [6.07, 6.45) is 0.283. The van der Waals surface area contributed by atoms with Gasteiger partial charge in [-0.1, -0.05) is 30.3 Å². The molecule has 1 aromatic carbocycles. The van der Waals surface area contributed by atoms with E-state index in [2.05, 4.69) is 17.4 Å². The van der Waals surface area contributed by atoms with Gasteiger partial charge in [0.1, 0.15) is 6.10 Å². The van der Waals surface area contributed by atoms with Gasteiger partial charge in [0.05, 0.1) is 0 Å². The molecule has 0 aromatic heterocycles. The third kappa shape index (κ3) is 2.15. The molecule has 1 saturated carbocycles. The molecule has 2 N–H and O–H groups in total. The second-order valence-electron chi connectivity index (χ2n) is 4.36. The molecule has 86 valence electrons. The van der Waals surface area contributed by atoms with Crippen LogP contribution in [0.1, 0.15) is 24.4 Å². The lowest BCUT2D eigenvalue weighted by Gasteiger charge is -2.22. The summed E-state index contributed by atoms with van der Waals surface area (Å²) in [6.45, 7) is 0. The van der Waals surface area contributed by atoms with Gasteiger partial charge in [-0.15, -0.1) is 0 Å². The normalized spacial score (nSPS) is 27.0. The molecule has 1 aromatic rings. The average molecular weight is 219 g/mol. The van der Waals surface area contributed by atoms with Gasteiger partial charge in [0, 0.05) is 12.5 Å². The maximum absolute atomic E-state index is 11.4. The van der Waals surface area contributed by atoms with Crippen LogP contribution in [0.5, 0.6) is 0 Å². The average Bonchev–Trinajstić information content (AvgIpc) is 2.61. The van der Waals surface area contributed by atoms with E-state index in [1.807, 2.05) is 25.2 Å². The summed E-state index contributed by atoms with van der Waals surface area (Å²) in [5.41, 5.74) is 1.18. The first-order valence-electron chi connectivity index (χ1n) is 5.65. The summed E-state index contributed by atoms with van der Waals surface area (Å²) in [5, 5.41) is 12.7. The van der Waals surface area contributed by atoms with Crippen molar-refractivity contribution in [3.63, 3.8) is 0 Å². The standard InChI is InChI=1S/C13H17NO2/c1-14-13(9-5-3-2-4-6-9)10-7-11(15)12(16)8-10/h2-6,10-11,13-15H,7-8H2,1H3. The van der Waals surface area contributed by atoms with E-state index < -0.39 is 6.10 Å². The molecule has 0 aliphatic heterocycles. The van der Waals surface area contributed by atoms with E-state index in [0.717, 1.165) is 0 Å². The molecule has 3 nitrogen and oxygen atoms in total. The molecule has 16 heavy (non-hydrogen) atoms. The minimum Gasteiger partial charge on any atom is -0.385 e. The van der Waals surface area contributed by atoms with Crippen LogP contribution in [0.3, 0.4) is 0 Å². The van der Waals surface area contributed by atoms with Gasteiger partial charge >= 0.3 is 0 Å². The number of hydrogen-bond acceptors (Lipinski definition) is 3. The van der Waals surface area contributed by atoms with Crippen molar-refractivity contribution in [2.24, 2.45) is 5.92 Å².